The molecule has 1 aliphatic carbocycles. The van der Waals surface area contributed by atoms with E-state index in [-0.39, 0.29) is 12.1 Å². The van der Waals surface area contributed by atoms with E-state index in [4.69, 9.17) is 4.74 Å². The summed E-state index contributed by atoms with van der Waals surface area (Å²) in [6.07, 6.45) is 7.18. The number of carbonyl (C=O) groups excluding carboxylic acids is 1. The zero-order chi connectivity index (χ0) is 16.1. The van der Waals surface area contributed by atoms with Gasteiger partial charge in [0.15, 0.2) is 0 Å². The Morgan fingerprint density at radius 3 is 2.35 bits per heavy atom. The minimum Gasteiger partial charge on any atom is -0.454 e. The maximum absolute atomic E-state index is 12.1. The lowest BCUT2D eigenvalue weighted by atomic mass is 10.0. The van der Waals surface area contributed by atoms with Crippen LogP contribution in [0.5, 0.6) is 0 Å². The molecule has 2 nitrogen and oxygen atoms in total. The van der Waals surface area contributed by atoms with Crippen LogP contribution in [0, 0.1) is 5.92 Å². The average Bonchev–Trinajstić information content (AvgIpc) is 3.44. The summed E-state index contributed by atoms with van der Waals surface area (Å²) in [4.78, 5) is 12.1. The third-order valence-corrected chi connectivity index (χ3v) is 4.01. The van der Waals surface area contributed by atoms with Gasteiger partial charge in [-0.2, -0.15) is 0 Å². The Balaban J connectivity index is 1.68. The smallest absolute Gasteiger partial charge is 0.331 e. The molecule has 1 fully saturated rings. The quantitative estimate of drug-likeness (QED) is 0.552. The van der Waals surface area contributed by atoms with Gasteiger partial charge in [-0.25, -0.2) is 4.79 Å². The molecule has 0 aliphatic heterocycles. The number of hydrogen-bond donors (Lipinski definition) is 0. The van der Waals surface area contributed by atoms with E-state index in [2.05, 4.69) is 6.58 Å². The van der Waals surface area contributed by atoms with Crippen molar-refractivity contribution in [3.05, 3.63) is 83.9 Å². The SMILES string of the molecule is C=Cc1ccc(C(OC(=O)C=Cc2ccccc2)C2CC2)cc1. The first kappa shape index (κ1) is 15.3. The molecular formula is C21H20O2. The van der Waals surface area contributed by atoms with Crippen LogP contribution >= 0.6 is 0 Å². The first-order chi connectivity index (χ1) is 11.3. The third kappa shape index (κ3) is 4.19. The Kier molecular flexibility index (Phi) is 4.72. The van der Waals surface area contributed by atoms with E-state index in [1.54, 1.807) is 6.08 Å². The summed E-state index contributed by atoms with van der Waals surface area (Å²) >= 11 is 0. The van der Waals surface area contributed by atoms with E-state index in [1.165, 1.54) is 6.08 Å². The second kappa shape index (κ2) is 7.10. The molecule has 116 valence electrons. The number of benzene rings is 2. The van der Waals surface area contributed by atoms with Crippen LogP contribution in [0.1, 0.15) is 35.6 Å². The van der Waals surface area contributed by atoms with E-state index in [1.807, 2.05) is 60.7 Å². The molecule has 0 amide bonds. The molecule has 0 heterocycles. The predicted molar refractivity (Wildman–Crippen MR) is 93.6 cm³/mol. The summed E-state index contributed by atoms with van der Waals surface area (Å²) in [6.45, 7) is 3.76. The number of esters is 1. The van der Waals surface area contributed by atoms with Crippen LogP contribution in [0.3, 0.4) is 0 Å². The van der Waals surface area contributed by atoms with Gasteiger partial charge < -0.3 is 4.74 Å². The second-order valence-electron chi connectivity index (χ2n) is 5.81. The van der Waals surface area contributed by atoms with Crippen LogP contribution < -0.4 is 0 Å². The van der Waals surface area contributed by atoms with E-state index >= 15 is 0 Å². The predicted octanol–water partition coefficient (Wildman–Crippen LogP) is 5.04. The molecule has 0 aromatic heterocycles. The molecule has 2 heteroatoms. The minimum atomic E-state index is -0.293. The zero-order valence-electron chi connectivity index (χ0n) is 13.0. The molecule has 3 rings (SSSR count). The second-order valence-corrected chi connectivity index (χ2v) is 5.81. The van der Waals surface area contributed by atoms with Gasteiger partial charge in [0.05, 0.1) is 0 Å². The lowest BCUT2D eigenvalue weighted by Gasteiger charge is -2.17. The third-order valence-electron chi connectivity index (χ3n) is 4.01. The van der Waals surface area contributed by atoms with E-state index in [0.717, 1.165) is 29.5 Å². The standard InChI is InChI=1S/C21H20O2/c1-2-16-8-11-18(12-9-16)21(19-13-14-19)23-20(22)15-10-17-6-4-3-5-7-17/h2-12,15,19,21H,1,13-14H2. The molecule has 0 radical (unpaired) electrons. The van der Waals surface area contributed by atoms with Gasteiger partial charge in [-0.05, 0) is 35.6 Å². The first-order valence-corrected chi connectivity index (χ1v) is 7.92. The summed E-state index contributed by atoms with van der Waals surface area (Å²) in [5, 5.41) is 0. The molecule has 0 N–H and O–H groups in total. The minimum absolute atomic E-state index is 0.151. The maximum atomic E-state index is 12.1. The number of hydrogen-bond acceptors (Lipinski definition) is 2. The normalized spacial score (nSPS) is 15.3. The highest BCUT2D eigenvalue weighted by Gasteiger charge is 2.34. The van der Waals surface area contributed by atoms with Crippen LogP contribution in [0.2, 0.25) is 0 Å². The van der Waals surface area contributed by atoms with Gasteiger partial charge >= 0.3 is 5.97 Å². The zero-order valence-corrected chi connectivity index (χ0v) is 13.0. The molecule has 2 aromatic carbocycles. The van der Waals surface area contributed by atoms with Gasteiger partial charge in [0, 0.05) is 12.0 Å². The van der Waals surface area contributed by atoms with Crippen molar-refractivity contribution in [2.75, 3.05) is 0 Å². The Labute approximate surface area is 137 Å². The molecule has 1 atom stereocenters. The number of rotatable bonds is 6. The van der Waals surface area contributed by atoms with Crippen molar-refractivity contribution in [1.82, 2.24) is 0 Å². The highest BCUT2D eigenvalue weighted by atomic mass is 16.5. The molecule has 23 heavy (non-hydrogen) atoms. The molecule has 1 saturated carbocycles. The summed E-state index contributed by atoms with van der Waals surface area (Å²) < 4.78 is 5.70. The lowest BCUT2D eigenvalue weighted by molar-refractivity contribution is -0.144. The highest BCUT2D eigenvalue weighted by Crippen LogP contribution is 2.43. The fraction of sp³-hybridized carbons (Fsp3) is 0.190. The monoisotopic (exact) mass is 304 g/mol. The van der Waals surface area contributed by atoms with Crippen molar-refractivity contribution in [3.63, 3.8) is 0 Å². The molecular weight excluding hydrogens is 284 g/mol. The summed E-state index contributed by atoms with van der Waals surface area (Å²) in [5.41, 5.74) is 3.11. The lowest BCUT2D eigenvalue weighted by Crippen LogP contribution is -2.11. The van der Waals surface area contributed by atoms with Crippen LogP contribution in [0.15, 0.2) is 67.3 Å². The average molecular weight is 304 g/mol. The Morgan fingerprint density at radius 2 is 1.74 bits per heavy atom. The van der Waals surface area contributed by atoms with Crippen LogP contribution in [0.4, 0.5) is 0 Å². The molecule has 0 saturated heterocycles. The molecule has 0 spiro atoms. The number of carbonyl (C=O) groups is 1. The summed E-state index contributed by atoms with van der Waals surface area (Å²) in [5.74, 6) is 0.150. The van der Waals surface area contributed by atoms with Crippen molar-refractivity contribution < 1.29 is 9.53 Å². The largest absolute Gasteiger partial charge is 0.454 e. The van der Waals surface area contributed by atoms with Crippen molar-refractivity contribution in [1.29, 1.82) is 0 Å². The van der Waals surface area contributed by atoms with E-state index in [0.29, 0.717) is 5.92 Å². The van der Waals surface area contributed by atoms with Crippen LogP contribution in [-0.2, 0) is 9.53 Å². The molecule has 0 bridgehead atoms. The Bertz CT molecular complexity index is 694. The van der Waals surface area contributed by atoms with Gasteiger partial charge in [-0.15, -0.1) is 0 Å². The highest BCUT2D eigenvalue weighted by molar-refractivity contribution is 5.87. The van der Waals surface area contributed by atoms with Crippen LogP contribution in [-0.4, -0.2) is 5.97 Å². The van der Waals surface area contributed by atoms with Gasteiger partial charge in [-0.1, -0.05) is 67.3 Å². The van der Waals surface area contributed by atoms with Crippen LogP contribution in [0.25, 0.3) is 12.2 Å². The van der Waals surface area contributed by atoms with Gasteiger partial charge in [0.2, 0.25) is 0 Å². The van der Waals surface area contributed by atoms with E-state index in [9.17, 15) is 4.79 Å². The van der Waals surface area contributed by atoms with E-state index < -0.39 is 0 Å². The first-order valence-electron chi connectivity index (χ1n) is 7.92. The maximum Gasteiger partial charge on any atom is 0.331 e. The van der Waals surface area contributed by atoms with Gasteiger partial charge in [0.25, 0.3) is 0 Å². The fourth-order valence-corrected chi connectivity index (χ4v) is 2.55. The fourth-order valence-electron chi connectivity index (χ4n) is 2.55. The van der Waals surface area contributed by atoms with Gasteiger partial charge in [-0.3, -0.25) is 0 Å². The Hall–Kier alpha value is -2.61. The molecule has 1 aliphatic rings. The van der Waals surface area contributed by atoms with Crippen molar-refractivity contribution in [2.24, 2.45) is 5.92 Å². The molecule has 2 aromatic rings. The van der Waals surface area contributed by atoms with Crippen molar-refractivity contribution >= 4 is 18.1 Å². The van der Waals surface area contributed by atoms with Crippen molar-refractivity contribution in [3.8, 4) is 0 Å². The molecule has 1 unspecified atom stereocenters. The number of ether oxygens (including phenoxy) is 1. The summed E-state index contributed by atoms with van der Waals surface area (Å²) in [6, 6.07) is 17.8. The summed E-state index contributed by atoms with van der Waals surface area (Å²) in [7, 11) is 0. The Morgan fingerprint density at radius 1 is 1.04 bits per heavy atom. The van der Waals surface area contributed by atoms with Crippen molar-refractivity contribution in [2.45, 2.75) is 18.9 Å². The van der Waals surface area contributed by atoms with Gasteiger partial charge in [0.1, 0.15) is 6.10 Å². The topological polar surface area (TPSA) is 26.3 Å².